The number of unbranched alkanes of at least 4 members (excludes halogenated alkanes) is 40. The summed E-state index contributed by atoms with van der Waals surface area (Å²) in [5.41, 5.74) is 0. The number of quaternary nitrogens is 1. The van der Waals surface area contributed by atoms with E-state index in [0.717, 1.165) is 51.4 Å². The van der Waals surface area contributed by atoms with E-state index in [1.807, 2.05) is 21.1 Å². The minimum absolute atomic E-state index is 0.0332. The van der Waals surface area contributed by atoms with Crippen molar-refractivity contribution in [2.45, 2.75) is 315 Å². The molecule has 0 aliphatic carbocycles. The monoisotopic (exact) mass is 1040 g/mol. The van der Waals surface area contributed by atoms with Crippen molar-refractivity contribution in [1.29, 1.82) is 0 Å². The topological polar surface area (TPSA) is 108 Å². The molecular formula is C62H121NO8P+. The highest BCUT2D eigenvalue weighted by Gasteiger charge is 2.27. The molecule has 0 fully saturated rings. The second-order valence-corrected chi connectivity index (χ2v) is 23.9. The van der Waals surface area contributed by atoms with Gasteiger partial charge >= 0.3 is 19.8 Å². The minimum atomic E-state index is -4.38. The molecule has 0 aliphatic heterocycles. The lowest BCUT2D eigenvalue weighted by Crippen LogP contribution is -2.37. The number of likely N-dealkylation sites (N-methyl/N-ethyl adjacent to an activating group) is 1. The van der Waals surface area contributed by atoms with Gasteiger partial charge in [-0.15, -0.1) is 0 Å². The molecule has 2 atom stereocenters. The highest BCUT2D eigenvalue weighted by molar-refractivity contribution is 7.47. The summed E-state index contributed by atoms with van der Waals surface area (Å²) in [6.07, 6.45) is 65.6. The molecule has 0 saturated heterocycles. The van der Waals surface area contributed by atoms with Gasteiger partial charge in [-0.05, 0) is 64.2 Å². The molecule has 0 aromatic heterocycles. The Hall–Kier alpha value is -1.51. The minimum Gasteiger partial charge on any atom is -0.462 e. The molecule has 0 saturated carbocycles. The number of phosphoric ester groups is 1. The average molecular weight is 1040 g/mol. The van der Waals surface area contributed by atoms with Gasteiger partial charge in [-0.1, -0.05) is 256 Å². The summed E-state index contributed by atoms with van der Waals surface area (Å²) in [7, 11) is 1.49. The zero-order valence-corrected chi connectivity index (χ0v) is 49.3. The normalized spacial score (nSPS) is 13.4. The third-order valence-electron chi connectivity index (χ3n) is 14.0. The predicted molar refractivity (Wildman–Crippen MR) is 307 cm³/mol. The Morgan fingerprint density at radius 3 is 1.03 bits per heavy atom. The summed E-state index contributed by atoms with van der Waals surface area (Å²) < 4.78 is 34.6. The van der Waals surface area contributed by atoms with Crippen LogP contribution in [-0.2, 0) is 32.7 Å². The number of hydrogen-bond acceptors (Lipinski definition) is 7. The van der Waals surface area contributed by atoms with Crippen molar-refractivity contribution in [2.75, 3.05) is 47.5 Å². The van der Waals surface area contributed by atoms with Gasteiger partial charge in [0.1, 0.15) is 19.8 Å². The molecule has 0 heterocycles. The number of carbonyl (C=O) groups is 2. The lowest BCUT2D eigenvalue weighted by molar-refractivity contribution is -0.870. The van der Waals surface area contributed by atoms with Crippen LogP contribution in [0.3, 0.4) is 0 Å². The van der Waals surface area contributed by atoms with Crippen molar-refractivity contribution in [3.8, 4) is 0 Å². The highest BCUT2D eigenvalue weighted by atomic mass is 31.2. The Labute approximate surface area is 447 Å². The molecule has 1 N–H and O–H groups in total. The molecule has 0 amide bonds. The van der Waals surface area contributed by atoms with Crippen molar-refractivity contribution in [3.05, 3.63) is 24.3 Å². The Bertz CT molecular complexity index is 1270. The number of esters is 2. The summed E-state index contributed by atoms with van der Waals surface area (Å²) in [6, 6.07) is 0. The van der Waals surface area contributed by atoms with Crippen LogP contribution < -0.4 is 0 Å². The van der Waals surface area contributed by atoms with Crippen LogP contribution in [0.15, 0.2) is 24.3 Å². The third kappa shape index (κ3) is 57.8. The molecule has 72 heavy (non-hydrogen) atoms. The van der Waals surface area contributed by atoms with Crippen LogP contribution in [0, 0.1) is 0 Å². The first-order chi connectivity index (χ1) is 35.0. The predicted octanol–water partition coefficient (Wildman–Crippen LogP) is 19.4. The number of carbonyl (C=O) groups excluding carboxylic acids is 2. The van der Waals surface area contributed by atoms with Crippen molar-refractivity contribution in [1.82, 2.24) is 0 Å². The van der Waals surface area contributed by atoms with Crippen molar-refractivity contribution < 1.29 is 42.1 Å². The van der Waals surface area contributed by atoms with Crippen LogP contribution in [0.4, 0.5) is 0 Å². The molecule has 0 rings (SSSR count). The molecule has 0 bridgehead atoms. The van der Waals surface area contributed by atoms with E-state index in [1.54, 1.807) is 0 Å². The standard InChI is InChI=1S/C62H120NO8P/c1-6-8-10-12-14-16-18-20-22-23-24-25-26-27-28-29-30-31-32-33-34-35-36-37-38-39-41-43-45-47-49-51-53-55-62(65)71-60(59-70-72(66,67)69-57-56-63(3,4)5)58-68-61(64)54-52-50-48-46-44-42-40-21-19-17-15-13-11-9-7-2/h21,23-24,40,60H,6-20,22,25-39,41-59H2,1-5H3/p+1/b24-23-,40-21-. The second-order valence-electron chi connectivity index (χ2n) is 22.4. The Morgan fingerprint density at radius 1 is 0.417 bits per heavy atom. The van der Waals surface area contributed by atoms with Gasteiger partial charge in [0.2, 0.25) is 0 Å². The average Bonchev–Trinajstić information content (AvgIpc) is 3.34. The van der Waals surface area contributed by atoms with Gasteiger partial charge in [0.25, 0.3) is 0 Å². The Balaban J connectivity index is 3.98. The van der Waals surface area contributed by atoms with Crippen molar-refractivity contribution >= 4 is 19.8 Å². The van der Waals surface area contributed by atoms with Crippen molar-refractivity contribution in [2.24, 2.45) is 0 Å². The van der Waals surface area contributed by atoms with Crippen LogP contribution >= 0.6 is 7.82 Å². The maximum atomic E-state index is 12.8. The van der Waals surface area contributed by atoms with Gasteiger partial charge in [-0.2, -0.15) is 0 Å². The third-order valence-corrected chi connectivity index (χ3v) is 14.9. The van der Waals surface area contributed by atoms with Gasteiger partial charge < -0.3 is 18.9 Å². The molecule has 2 unspecified atom stereocenters. The van der Waals surface area contributed by atoms with E-state index in [1.165, 1.54) is 225 Å². The van der Waals surface area contributed by atoms with Gasteiger partial charge in [-0.25, -0.2) is 4.57 Å². The maximum Gasteiger partial charge on any atom is 0.472 e. The van der Waals surface area contributed by atoms with Crippen LogP contribution in [0.2, 0.25) is 0 Å². The van der Waals surface area contributed by atoms with E-state index < -0.39 is 26.5 Å². The molecule has 0 radical (unpaired) electrons. The zero-order chi connectivity index (χ0) is 52.7. The van der Waals surface area contributed by atoms with E-state index in [0.29, 0.717) is 17.4 Å². The second kappa shape index (κ2) is 54.3. The molecule has 10 heteroatoms. The number of nitrogens with zero attached hydrogens (tertiary/aromatic N) is 1. The fourth-order valence-corrected chi connectivity index (χ4v) is 9.87. The number of ether oxygens (including phenoxy) is 2. The first-order valence-electron chi connectivity index (χ1n) is 31.1. The largest absolute Gasteiger partial charge is 0.472 e. The van der Waals surface area contributed by atoms with E-state index in [2.05, 4.69) is 38.2 Å². The molecule has 426 valence electrons. The number of allylic oxidation sites excluding steroid dienone is 4. The van der Waals surface area contributed by atoms with Gasteiger partial charge in [-0.3, -0.25) is 18.6 Å². The molecular weight excluding hydrogens is 918 g/mol. The highest BCUT2D eigenvalue weighted by Crippen LogP contribution is 2.43. The Morgan fingerprint density at radius 2 is 0.708 bits per heavy atom. The molecule has 0 spiro atoms. The maximum absolute atomic E-state index is 12.8. The lowest BCUT2D eigenvalue weighted by Gasteiger charge is -2.24. The number of rotatable bonds is 58. The molecule has 9 nitrogen and oxygen atoms in total. The van der Waals surface area contributed by atoms with Gasteiger partial charge in [0.15, 0.2) is 6.10 Å². The van der Waals surface area contributed by atoms with E-state index in [9.17, 15) is 19.0 Å². The quantitative estimate of drug-likeness (QED) is 0.0211. The van der Waals surface area contributed by atoms with Crippen molar-refractivity contribution in [3.63, 3.8) is 0 Å². The van der Waals surface area contributed by atoms with E-state index >= 15 is 0 Å². The smallest absolute Gasteiger partial charge is 0.462 e. The van der Waals surface area contributed by atoms with Crippen LogP contribution in [0.5, 0.6) is 0 Å². The van der Waals surface area contributed by atoms with E-state index in [4.69, 9.17) is 18.5 Å². The van der Waals surface area contributed by atoms with Crippen LogP contribution in [0.1, 0.15) is 309 Å². The zero-order valence-electron chi connectivity index (χ0n) is 48.4. The fourth-order valence-electron chi connectivity index (χ4n) is 9.13. The summed E-state index contributed by atoms with van der Waals surface area (Å²) >= 11 is 0. The summed E-state index contributed by atoms with van der Waals surface area (Å²) in [5, 5.41) is 0. The molecule has 0 aromatic rings. The fraction of sp³-hybridized carbons (Fsp3) is 0.903. The first-order valence-corrected chi connectivity index (χ1v) is 32.6. The molecule has 0 aliphatic rings. The SMILES string of the molecule is CCCCCCCC/C=C\CCCCCCCC(=O)OCC(COP(=O)(O)OCC[N+](C)(C)C)OC(=O)CCCCCCCCCCCCCCCCCCCCCCC/C=C\CCCCCCCCCC. The number of hydrogen-bond donors (Lipinski definition) is 1. The van der Waals surface area contributed by atoms with E-state index in [-0.39, 0.29) is 32.0 Å². The summed E-state index contributed by atoms with van der Waals surface area (Å²) in [6.45, 7) is 4.46. The first kappa shape index (κ1) is 70.5. The summed E-state index contributed by atoms with van der Waals surface area (Å²) in [4.78, 5) is 35.7. The Kier molecular flexibility index (Phi) is 53.1. The van der Waals surface area contributed by atoms with Crippen LogP contribution in [0.25, 0.3) is 0 Å². The van der Waals surface area contributed by atoms with Crippen LogP contribution in [-0.4, -0.2) is 74.9 Å². The lowest BCUT2D eigenvalue weighted by atomic mass is 10.0. The van der Waals surface area contributed by atoms with Gasteiger partial charge in [0, 0.05) is 12.8 Å². The molecule has 0 aromatic carbocycles. The number of phosphoric acid groups is 1. The summed E-state index contributed by atoms with van der Waals surface area (Å²) in [5.74, 6) is -0.792. The van der Waals surface area contributed by atoms with Gasteiger partial charge in [0.05, 0.1) is 27.7 Å².